The molecule has 3 atom stereocenters. The molecular weight excluding hydrogens is 328 g/mol. The minimum absolute atomic E-state index is 0.147. The Balaban J connectivity index is 1.47. The van der Waals surface area contributed by atoms with E-state index in [-0.39, 0.29) is 24.3 Å². The second-order valence-electron chi connectivity index (χ2n) is 7.35. The number of benzene rings is 1. The van der Waals surface area contributed by atoms with Gasteiger partial charge in [0.1, 0.15) is 6.61 Å². The molecule has 1 aromatic carbocycles. The van der Waals surface area contributed by atoms with Gasteiger partial charge in [0.2, 0.25) is 0 Å². The molecule has 26 heavy (non-hydrogen) atoms. The minimum Gasteiger partial charge on any atom is -0.445 e. The van der Waals surface area contributed by atoms with Gasteiger partial charge in [-0.1, -0.05) is 42.5 Å². The van der Waals surface area contributed by atoms with Gasteiger partial charge in [0.05, 0.1) is 18.2 Å². The van der Waals surface area contributed by atoms with Gasteiger partial charge in [0, 0.05) is 26.2 Å². The largest absolute Gasteiger partial charge is 0.445 e. The van der Waals surface area contributed by atoms with E-state index >= 15 is 0 Å². The maximum Gasteiger partial charge on any atom is 0.410 e. The van der Waals surface area contributed by atoms with Crippen molar-refractivity contribution in [3.63, 3.8) is 0 Å². The molecule has 1 amide bonds. The molecule has 0 radical (unpaired) electrons. The first kappa shape index (κ1) is 18.9. The van der Waals surface area contributed by atoms with E-state index in [4.69, 9.17) is 9.47 Å². The highest BCUT2D eigenvalue weighted by atomic mass is 16.6. The van der Waals surface area contributed by atoms with E-state index in [2.05, 4.69) is 30.9 Å². The first-order valence-corrected chi connectivity index (χ1v) is 9.63. The van der Waals surface area contributed by atoms with Crippen molar-refractivity contribution in [2.45, 2.75) is 51.5 Å². The Labute approximate surface area is 156 Å². The van der Waals surface area contributed by atoms with Gasteiger partial charge >= 0.3 is 6.09 Å². The number of likely N-dealkylation sites (tertiary alicyclic amines) is 1. The van der Waals surface area contributed by atoms with Crippen LogP contribution >= 0.6 is 0 Å². The van der Waals surface area contributed by atoms with Gasteiger partial charge in [-0.05, 0) is 32.3 Å². The summed E-state index contributed by atoms with van der Waals surface area (Å²) in [5.74, 6) is 0. The number of morpholine rings is 1. The van der Waals surface area contributed by atoms with Crippen LogP contribution in [-0.2, 0) is 16.1 Å². The molecule has 5 nitrogen and oxygen atoms in total. The summed E-state index contributed by atoms with van der Waals surface area (Å²) in [6, 6.07) is 9.96. The number of amides is 1. The quantitative estimate of drug-likeness (QED) is 0.756. The fourth-order valence-corrected chi connectivity index (χ4v) is 3.82. The number of nitrogens with zero attached hydrogens (tertiary/aromatic N) is 2. The molecule has 142 valence electrons. The van der Waals surface area contributed by atoms with Crippen LogP contribution in [0.5, 0.6) is 0 Å². The second-order valence-corrected chi connectivity index (χ2v) is 7.35. The molecule has 0 N–H and O–H groups in total. The Morgan fingerprint density at radius 1 is 1.23 bits per heavy atom. The summed E-state index contributed by atoms with van der Waals surface area (Å²) in [5.41, 5.74) is 1.02. The maximum atomic E-state index is 12.4. The topological polar surface area (TPSA) is 42.0 Å². The second kappa shape index (κ2) is 9.19. The van der Waals surface area contributed by atoms with Crippen molar-refractivity contribution >= 4 is 6.09 Å². The maximum absolute atomic E-state index is 12.4. The fourth-order valence-electron chi connectivity index (χ4n) is 3.82. The molecule has 0 aliphatic carbocycles. The number of rotatable bonds is 5. The molecular formula is C21H30N2O3. The van der Waals surface area contributed by atoms with Crippen LogP contribution in [0, 0.1) is 0 Å². The summed E-state index contributed by atoms with van der Waals surface area (Å²) in [6.07, 6.45) is 6.74. The zero-order chi connectivity index (χ0) is 18.4. The number of hydrogen-bond acceptors (Lipinski definition) is 4. The smallest absolute Gasteiger partial charge is 0.410 e. The summed E-state index contributed by atoms with van der Waals surface area (Å²) in [6.45, 7) is 8.16. The molecule has 0 bridgehead atoms. The van der Waals surface area contributed by atoms with Crippen LogP contribution in [0.1, 0.15) is 32.3 Å². The highest BCUT2D eigenvalue weighted by molar-refractivity contribution is 5.68. The van der Waals surface area contributed by atoms with Crippen molar-refractivity contribution in [1.82, 2.24) is 9.80 Å². The highest BCUT2D eigenvalue weighted by Crippen LogP contribution is 2.20. The van der Waals surface area contributed by atoms with Crippen molar-refractivity contribution in [2.75, 3.05) is 26.2 Å². The lowest BCUT2D eigenvalue weighted by Crippen LogP contribution is -2.45. The summed E-state index contributed by atoms with van der Waals surface area (Å²) in [4.78, 5) is 16.7. The summed E-state index contributed by atoms with van der Waals surface area (Å²) >= 11 is 0. The van der Waals surface area contributed by atoms with Gasteiger partial charge in [-0.15, -0.1) is 0 Å². The number of carbonyl (C=O) groups excluding carboxylic acids is 1. The zero-order valence-corrected chi connectivity index (χ0v) is 15.8. The average Bonchev–Trinajstić information content (AvgIpc) is 3.08. The average molecular weight is 358 g/mol. The number of hydrogen-bond donors (Lipinski definition) is 0. The van der Waals surface area contributed by atoms with E-state index < -0.39 is 0 Å². The van der Waals surface area contributed by atoms with E-state index in [9.17, 15) is 4.79 Å². The monoisotopic (exact) mass is 358 g/mol. The van der Waals surface area contributed by atoms with Crippen LogP contribution in [-0.4, -0.2) is 60.3 Å². The SMILES string of the molecule is C[C@H]1CN(C/C=C/[C@@H]2CCCN2C(=O)OCc2ccccc2)C[C@H](C)O1. The Morgan fingerprint density at radius 2 is 1.96 bits per heavy atom. The molecule has 2 saturated heterocycles. The van der Waals surface area contributed by atoms with Crippen LogP contribution in [0.15, 0.2) is 42.5 Å². The normalized spacial score (nSPS) is 27.2. The van der Waals surface area contributed by atoms with E-state index in [1.165, 1.54) is 0 Å². The predicted octanol–water partition coefficient (Wildman–Crippen LogP) is 3.45. The molecule has 2 aliphatic rings. The molecule has 0 unspecified atom stereocenters. The first-order valence-electron chi connectivity index (χ1n) is 9.63. The highest BCUT2D eigenvalue weighted by Gasteiger charge is 2.28. The molecule has 0 saturated carbocycles. The van der Waals surface area contributed by atoms with E-state index in [0.29, 0.717) is 6.61 Å². The third-order valence-corrected chi connectivity index (χ3v) is 4.96. The molecule has 3 rings (SSSR count). The lowest BCUT2D eigenvalue weighted by atomic mass is 10.2. The lowest BCUT2D eigenvalue weighted by molar-refractivity contribution is -0.0646. The van der Waals surface area contributed by atoms with Crippen LogP contribution in [0.3, 0.4) is 0 Å². The van der Waals surface area contributed by atoms with Crippen LogP contribution in [0.4, 0.5) is 4.79 Å². The van der Waals surface area contributed by atoms with Gasteiger partial charge in [0.15, 0.2) is 0 Å². The van der Waals surface area contributed by atoms with Crippen molar-refractivity contribution in [1.29, 1.82) is 0 Å². The summed E-state index contributed by atoms with van der Waals surface area (Å²) in [5, 5.41) is 0. The summed E-state index contributed by atoms with van der Waals surface area (Å²) < 4.78 is 11.3. The lowest BCUT2D eigenvalue weighted by Gasteiger charge is -2.34. The molecule has 1 aromatic rings. The molecule has 2 aliphatic heterocycles. The third-order valence-electron chi connectivity index (χ3n) is 4.96. The molecule has 5 heteroatoms. The van der Waals surface area contributed by atoms with Crippen LogP contribution in [0.25, 0.3) is 0 Å². The van der Waals surface area contributed by atoms with E-state index in [0.717, 1.165) is 44.6 Å². The van der Waals surface area contributed by atoms with E-state index in [1.807, 2.05) is 35.2 Å². The molecule has 2 fully saturated rings. The van der Waals surface area contributed by atoms with Crippen molar-refractivity contribution in [2.24, 2.45) is 0 Å². The molecule has 0 aromatic heterocycles. The fraction of sp³-hybridized carbons (Fsp3) is 0.571. The first-order chi connectivity index (χ1) is 12.6. The third kappa shape index (κ3) is 5.32. The standard InChI is InChI=1S/C21H30N2O3/c1-17-14-22(15-18(2)26-17)12-6-10-20-11-7-13-23(20)21(24)25-16-19-8-4-3-5-9-19/h3-6,8-10,17-18,20H,7,11-16H2,1-2H3/b10-6+/t17-,18-,20+/m0/s1. The van der Waals surface area contributed by atoms with Crippen molar-refractivity contribution in [3.05, 3.63) is 48.0 Å². The van der Waals surface area contributed by atoms with Gasteiger partial charge in [-0.25, -0.2) is 4.79 Å². The van der Waals surface area contributed by atoms with Crippen molar-refractivity contribution in [3.8, 4) is 0 Å². The van der Waals surface area contributed by atoms with Crippen LogP contribution in [0.2, 0.25) is 0 Å². The number of carbonyl (C=O) groups is 1. The Bertz CT molecular complexity index is 595. The van der Waals surface area contributed by atoms with Crippen LogP contribution < -0.4 is 0 Å². The zero-order valence-electron chi connectivity index (χ0n) is 15.8. The predicted molar refractivity (Wildman–Crippen MR) is 102 cm³/mol. The summed E-state index contributed by atoms with van der Waals surface area (Å²) in [7, 11) is 0. The number of ether oxygens (including phenoxy) is 2. The molecule has 0 spiro atoms. The van der Waals surface area contributed by atoms with E-state index in [1.54, 1.807) is 0 Å². The van der Waals surface area contributed by atoms with Gasteiger partial charge in [-0.3, -0.25) is 4.90 Å². The van der Waals surface area contributed by atoms with Gasteiger partial charge in [0.25, 0.3) is 0 Å². The minimum atomic E-state index is -0.213. The Morgan fingerprint density at radius 3 is 2.69 bits per heavy atom. The van der Waals surface area contributed by atoms with Crippen molar-refractivity contribution < 1.29 is 14.3 Å². The van der Waals surface area contributed by atoms with Gasteiger partial charge in [-0.2, -0.15) is 0 Å². The Hall–Kier alpha value is -1.85. The molecule has 2 heterocycles. The van der Waals surface area contributed by atoms with Gasteiger partial charge < -0.3 is 14.4 Å². The Kier molecular flexibility index (Phi) is 6.69.